The standard InChI is InChI=1S/C15H23N3O5S/c1-2-23-13-4-3-12(17-15(19)5-6-16)11-14(13)24(20,21)18-7-9-22-10-8-18/h3-4,11H,2,5-10,16H2,1H3,(H,17,19). The Hall–Kier alpha value is -1.68. The van der Waals surface area contributed by atoms with Crippen LogP contribution in [0.3, 0.4) is 0 Å². The molecule has 2 rings (SSSR count). The van der Waals surface area contributed by atoms with E-state index in [1.165, 1.54) is 10.4 Å². The van der Waals surface area contributed by atoms with Gasteiger partial charge in [-0.3, -0.25) is 4.79 Å². The van der Waals surface area contributed by atoms with Gasteiger partial charge in [-0.1, -0.05) is 0 Å². The monoisotopic (exact) mass is 357 g/mol. The van der Waals surface area contributed by atoms with Crippen LogP contribution in [0.1, 0.15) is 13.3 Å². The molecule has 1 aromatic rings. The summed E-state index contributed by atoms with van der Waals surface area (Å²) in [6.07, 6.45) is 0.165. The Bertz CT molecular complexity index is 672. The first-order valence-electron chi connectivity index (χ1n) is 7.83. The summed E-state index contributed by atoms with van der Waals surface area (Å²) in [4.78, 5) is 11.7. The molecular formula is C15H23N3O5S. The molecule has 0 bridgehead atoms. The van der Waals surface area contributed by atoms with E-state index < -0.39 is 10.0 Å². The zero-order chi connectivity index (χ0) is 17.6. The third kappa shape index (κ3) is 4.44. The van der Waals surface area contributed by atoms with Crippen molar-refractivity contribution in [2.75, 3.05) is 44.8 Å². The molecule has 1 saturated heterocycles. The maximum Gasteiger partial charge on any atom is 0.246 e. The van der Waals surface area contributed by atoms with E-state index in [0.29, 0.717) is 25.5 Å². The lowest BCUT2D eigenvalue weighted by atomic mass is 10.3. The third-order valence-corrected chi connectivity index (χ3v) is 5.41. The first-order valence-corrected chi connectivity index (χ1v) is 9.27. The van der Waals surface area contributed by atoms with E-state index in [-0.39, 0.29) is 42.6 Å². The number of amides is 1. The number of nitrogens with one attached hydrogen (secondary N) is 1. The van der Waals surface area contributed by atoms with E-state index in [4.69, 9.17) is 15.2 Å². The highest BCUT2D eigenvalue weighted by molar-refractivity contribution is 7.89. The molecule has 0 aromatic heterocycles. The number of carbonyl (C=O) groups is 1. The quantitative estimate of drug-likeness (QED) is 0.730. The topological polar surface area (TPSA) is 111 Å². The second-order valence-corrected chi connectivity index (χ2v) is 7.10. The Balaban J connectivity index is 2.35. The van der Waals surface area contributed by atoms with E-state index in [0.717, 1.165) is 0 Å². The minimum atomic E-state index is -3.73. The van der Waals surface area contributed by atoms with E-state index in [1.807, 2.05) is 0 Å². The zero-order valence-corrected chi connectivity index (χ0v) is 14.5. The molecule has 9 heteroatoms. The lowest BCUT2D eigenvalue weighted by Crippen LogP contribution is -2.40. The van der Waals surface area contributed by atoms with Crippen molar-refractivity contribution in [1.29, 1.82) is 0 Å². The van der Waals surface area contributed by atoms with Crippen LogP contribution in [0.4, 0.5) is 5.69 Å². The molecule has 0 unspecified atom stereocenters. The van der Waals surface area contributed by atoms with Gasteiger partial charge in [0, 0.05) is 31.7 Å². The molecule has 1 aliphatic heterocycles. The number of carbonyl (C=O) groups excluding carboxylic acids is 1. The molecule has 0 saturated carbocycles. The predicted octanol–water partition coefficient (Wildman–Crippen LogP) is 0.394. The second-order valence-electron chi connectivity index (χ2n) is 5.20. The van der Waals surface area contributed by atoms with Gasteiger partial charge in [0.25, 0.3) is 0 Å². The van der Waals surface area contributed by atoms with Gasteiger partial charge in [0.1, 0.15) is 10.6 Å². The first-order chi connectivity index (χ1) is 11.5. The van der Waals surface area contributed by atoms with Crippen LogP contribution < -0.4 is 15.8 Å². The third-order valence-electron chi connectivity index (χ3n) is 3.49. The number of ether oxygens (including phenoxy) is 2. The number of hydrogen-bond acceptors (Lipinski definition) is 6. The van der Waals surface area contributed by atoms with Crippen LogP contribution in [0.15, 0.2) is 23.1 Å². The van der Waals surface area contributed by atoms with Crippen LogP contribution in [-0.2, 0) is 19.6 Å². The Morgan fingerprint density at radius 3 is 2.71 bits per heavy atom. The normalized spacial score (nSPS) is 15.9. The highest BCUT2D eigenvalue weighted by Crippen LogP contribution is 2.30. The van der Waals surface area contributed by atoms with Crippen molar-refractivity contribution in [1.82, 2.24) is 4.31 Å². The number of benzene rings is 1. The molecule has 1 fully saturated rings. The molecule has 0 radical (unpaired) electrons. The van der Waals surface area contributed by atoms with Crippen LogP contribution in [0.5, 0.6) is 5.75 Å². The molecule has 1 amide bonds. The largest absolute Gasteiger partial charge is 0.492 e. The van der Waals surface area contributed by atoms with Crippen LogP contribution in [0, 0.1) is 0 Å². The summed E-state index contributed by atoms with van der Waals surface area (Å²) in [6.45, 7) is 3.63. The van der Waals surface area contributed by atoms with Crippen LogP contribution in [0.2, 0.25) is 0 Å². The van der Waals surface area contributed by atoms with E-state index in [1.54, 1.807) is 19.1 Å². The number of rotatable bonds is 7. The van der Waals surface area contributed by atoms with Crippen molar-refractivity contribution < 1.29 is 22.7 Å². The lowest BCUT2D eigenvalue weighted by molar-refractivity contribution is -0.116. The highest BCUT2D eigenvalue weighted by Gasteiger charge is 2.29. The summed E-state index contributed by atoms with van der Waals surface area (Å²) >= 11 is 0. The van der Waals surface area contributed by atoms with E-state index in [9.17, 15) is 13.2 Å². The molecular weight excluding hydrogens is 334 g/mol. The molecule has 1 aromatic carbocycles. The predicted molar refractivity (Wildman–Crippen MR) is 89.5 cm³/mol. The molecule has 1 heterocycles. The fraction of sp³-hybridized carbons (Fsp3) is 0.533. The maximum absolute atomic E-state index is 12.9. The molecule has 0 spiro atoms. The minimum Gasteiger partial charge on any atom is -0.492 e. The van der Waals surface area contributed by atoms with Gasteiger partial charge in [-0.15, -0.1) is 0 Å². The maximum atomic E-state index is 12.9. The average molecular weight is 357 g/mol. The molecule has 0 aliphatic carbocycles. The van der Waals surface area contributed by atoms with Crippen molar-refractivity contribution in [3.05, 3.63) is 18.2 Å². The van der Waals surface area contributed by atoms with Crippen LogP contribution in [0.25, 0.3) is 0 Å². The van der Waals surface area contributed by atoms with E-state index >= 15 is 0 Å². The summed E-state index contributed by atoms with van der Waals surface area (Å²) in [5.41, 5.74) is 5.74. The zero-order valence-electron chi connectivity index (χ0n) is 13.7. The molecule has 0 atom stereocenters. The highest BCUT2D eigenvalue weighted by atomic mass is 32.2. The number of nitrogens with zero attached hydrogens (tertiary/aromatic N) is 1. The summed E-state index contributed by atoms with van der Waals surface area (Å²) in [7, 11) is -3.73. The SMILES string of the molecule is CCOc1ccc(NC(=O)CCN)cc1S(=O)(=O)N1CCOCC1. The Morgan fingerprint density at radius 1 is 1.38 bits per heavy atom. The molecule has 134 valence electrons. The first kappa shape index (κ1) is 18.7. The van der Waals surface area contributed by atoms with Crippen molar-refractivity contribution in [3.8, 4) is 5.75 Å². The van der Waals surface area contributed by atoms with Crippen molar-refractivity contribution in [2.24, 2.45) is 5.73 Å². The molecule has 1 aliphatic rings. The van der Waals surface area contributed by atoms with Crippen molar-refractivity contribution in [2.45, 2.75) is 18.2 Å². The van der Waals surface area contributed by atoms with Gasteiger partial charge in [-0.25, -0.2) is 8.42 Å². The van der Waals surface area contributed by atoms with Crippen molar-refractivity contribution >= 4 is 21.6 Å². The van der Waals surface area contributed by atoms with Crippen LogP contribution >= 0.6 is 0 Å². The van der Waals surface area contributed by atoms with Gasteiger partial charge in [-0.05, 0) is 25.1 Å². The summed E-state index contributed by atoms with van der Waals surface area (Å²) < 4.78 is 37.8. The van der Waals surface area contributed by atoms with Crippen LogP contribution in [-0.4, -0.2) is 58.1 Å². The fourth-order valence-corrected chi connectivity index (χ4v) is 3.91. The van der Waals surface area contributed by atoms with E-state index in [2.05, 4.69) is 5.32 Å². The molecule has 3 N–H and O–H groups in total. The summed E-state index contributed by atoms with van der Waals surface area (Å²) in [5, 5.41) is 2.65. The van der Waals surface area contributed by atoms with Gasteiger partial charge in [-0.2, -0.15) is 4.31 Å². The number of nitrogens with two attached hydrogens (primary N) is 1. The van der Waals surface area contributed by atoms with Gasteiger partial charge in [0.05, 0.1) is 19.8 Å². The van der Waals surface area contributed by atoms with Gasteiger partial charge in [0.2, 0.25) is 15.9 Å². The fourth-order valence-electron chi connectivity index (χ4n) is 2.34. The second kappa shape index (κ2) is 8.43. The summed E-state index contributed by atoms with van der Waals surface area (Å²) in [5.74, 6) is -0.00260. The minimum absolute atomic E-state index is 0.0387. The number of hydrogen-bond donors (Lipinski definition) is 2. The molecule has 24 heavy (non-hydrogen) atoms. The Morgan fingerprint density at radius 2 is 2.08 bits per heavy atom. The number of sulfonamides is 1. The lowest BCUT2D eigenvalue weighted by Gasteiger charge is -2.27. The Kier molecular flexibility index (Phi) is 6.55. The average Bonchev–Trinajstić information content (AvgIpc) is 2.57. The summed E-state index contributed by atoms with van der Waals surface area (Å²) in [6, 6.07) is 4.58. The van der Waals surface area contributed by atoms with Gasteiger partial charge >= 0.3 is 0 Å². The number of anilines is 1. The smallest absolute Gasteiger partial charge is 0.246 e. The Labute approximate surface area is 142 Å². The van der Waals surface area contributed by atoms with Crippen molar-refractivity contribution in [3.63, 3.8) is 0 Å². The van der Waals surface area contributed by atoms with Gasteiger partial charge < -0.3 is 20.5 Å². The molecule has 8 nitrogen and oxygen atoms in total. The number of morpholine rings is 1. The van der Waals surface area contributed by atoms with Gasteiger partial charge in [0.15, 0.2) is 0 Å².